The molecule has 0 unspecified atom stereocenters. The third-order valence-corrected chi connectivity index (χ3v) is 8.15. The van der Waals surface area contributed by atoms with Gasteiger partial charge in [-0.25, -0.2) is 19.3 Å². The lowest BCUT2D eigenvalue weighted by molar-refractivity contribution is 0.0968. The second kappa shape index (κ2) is 10.4. The zero-order valence-corrected chi connectivity index (χ0v) is 23.0. The van der Waals surface area contributed by atoms with Crippen LogP contribution in [0.15, 0.2) is 72.4 Å². The summed E-state index contributed by atoms with van der Waals surface area (Å²) in [7, 11) is 0. The van der Waals surface area contributed by atoms with Gasteiger partial charge in [-0.2, -0.15) is 4.68 Å². The number of carbonyl (C=O) groups excluding carboxylic acids is 1. The lowest BCUT2D eigenvalue weighted by Crippen LogP contribution is -2.49. The van der Waals surface area contributed by atoms with Crippen LogP contribution in [0, 0.1) is 12.7 Å². The van der Waals surface area contributed by atoms with Crippen molar-refractivity contribution in [1.82, 2.24) is 35.3 Å². The Hall–Kier alpha value is -4.61. The zero-order valence-electron chi connectivity index (χ0n) is 22.2. The Morgan fingerprint density at radius 1 is 1.12 bits per heavy atom. The van der Waals surface area contributed by atoms with Gasteiger partial charge in [-0.1, -0.05) is 11.3 Å². The van der Waals surface area contributed by atoms with E-state index in [-0.39, 0.29) is 11.6 Å². The Balaban J connectivity index is 1.29. The van der Waals surface area contributed by atoms with Crippen LogP contribution in [0.25, 0.3) is 38.9 Å². The molecular weight excluding hydrogens is 539 g/mol. The van der Waals surface area contributed by atoms with Crippen LogP contribution in [-0.2, 0) is 0 Å². The Labute approximate surface area is 238 Å². The van der Waals surface area contributed by atoms with E-state index in [2.05, 4.69) is 36.6 Å². The number of hydrogen-bond acceptors (Lipinski definition) is 8. The van der Waals surface area contributed by atoms with Gasteiger partial charge < -0.3 is 5.32 Å². The van der Waals surface area contributed by atoms with Crippen molar-refractivity contribution >= 4 is 45.0 Å². The van der Waals surface area contributed by atoms with Crippen LogP contribution in [0.5, 0.6) is 0 Å². The highest BCUT2D eigenvalue weighted by atomic mass is 32.1. The Kier molecular flexibility index (Phi) is 6.44. The maximum absolute atomic E-state index is 15.7. The first-order valence-electron chi connectivity index (χ1n) is 13.4. The van der Waals surface area contributed by atoms with Crippen LogP contribution < -0.4 is 10.2 Å². The number of fused-ring (bicyclic) bond motifs is 2. The first-order valence-corrected chi connectivity index (χ1v) is 14.3. The van der Waals surface area contributed by atoms with Crippen LogP contribution in [0.3, 0.4) is 0 Å². The number of halogens is 1. The maximum Gasteiger partial charge on any atom is 0.262 e. The second-order valence-corrected chi connectivity index (χ2v) is 11.1. The molecule has 11 heteroatoms. The minimum atomic E-state index is -0.651. The SMILES string of the molecule is Cc1nc(-c2ccc3c(N(C(=O)c4ccc(-n5nnc6cccnc65)cc4F)[C@@H]4CCCNC4)nccc3c2)cs1. The van der Waals surface area contributed by atoms with Crippen LogP contribution in [0.1, 0.15) is 28.2 Å². The number of benzene rings is 2. The molecule has 1 aliphatic heterocycles. The van der Waals surface area contributed by atoms with Crippen molar-refractivity contribution in [3.8, 4) is 16.9 Å². The molecule has 1 atom stereocenters. The number of thiazole rings is 1. The predicted molar refractivity (Wildman–Crippen MR) is 157 cm³/mol. The first kappa shape index (κ1) is 25.4. The molecule has 1 aliphatic rings. The smallest absolute Gasteiger partial charge is 0.262 e. The van der Waals surface area contributed by atoms with Gasteiger partial charge in [-0.3, -0.25) is 9.69 Å². The quantitative estimate of drug-likeness (QED) is 0.302. The number of pyridine rings is 2. The maximum atomic E-state index is 15.7. The highest BCUT2D eigenvalue weighted by molar-refractivity contribution is 7.09. The molecule has 0 saturated carbocycles. The average molecular weight is 565 g/mol. The molecule has 41 heavy (non-hydrogen) atoms. The van der Waals surface area contributed by atoms with Crippen molar-refractivity contribution < 1.29 is 9.18 Å². The van der Waals surface area contributed by atoms with Crippen LogP contribution >= 0.6 is 11.3 Å². The summed E-state index contributed by atoms with van der Waals surface area (Å²) in [6, 6.07) is 15.8. The van der Waals surface area contributed by atoms with E-state index >= 15 is 4.39 Å². The van der Waals surface area contributed by atoms with Crippen LogP contribution in [0.2, 0.25) is 0 Å². The topological polar surface area (TPSA) is 102 Å². The number of hydrogen-bond donors (Lipinski definition) is 1. The van der Waals surface area contributed by atoms with E-state index < -0.39 is 11.7 Å². The van der Waals surface area contributed by atoms with E-state index in [1.54, 1.807) is 46.8 Å². The minimum Gasteiger partial charge on any atom is -0.315 e. The molecular formula is C30H25FN8OS. The summed E-state index contributed by atoms with van der Waals surface area (Å²) in [4.78, 5) is 29.4. The monoisotopic (exact) mass is 564 g/mol. The lowest BCUT2D eigenvalue weighted by atomic mass is 10.0. The van der Waals surface area contributed by atoms with Crippen molar-refractivity contribution in [3.05, 3.63) is 88.8 Å². The fourth-order valence-corrected chi connectivity index (χ4v) is 6.00. The van der Waals surface area contributed by atoms with Gasteiger partial charge in [-0.05, 0) is 74.2 Å². The molecule has 0 bridgehead atoms. The van der Waals surface area contributed by atoms with Gasteiger partial charge in [-0.15, -0.1) is 16.4 Å². The Bertz CT molecular complexity index is 1910. The van der Waals surface area contributed by atoms with E-state index in [1.807, 2.05) is 30.5 Å². The van der Waals surface area contributed by atoms with Crippen molar-refractivity contribution in [2.75, 3.05) is 18.0 Å². The van der Waals surface area contributed by atoms with Crippen LogP contribution in [0.4, 0.5) is 10.2 Å². The van der Waals surface area contributed by atoms with Crippen molar-refractivity contribution in [3.63, 3.8) is 0 Å². The summed E-state index contributed by atoms with van der Waals surface area (Å²) < 4.78 is 17.2. The van der Waals surface area contributed by atoms with Gasteiger partial charge in [0.05, 0.1) is 28.0 Å². The third kappa shape index (κ3) is 4.62. The molecule has 1 amide bonds. The zero-order chi connectivity index (χ0) is 27.9. The van der Waals surface area contributed by atoms with Crippen molar-refractivity contribution in [2.45, 2.75) is 25.8 Å². The van der Waals surface area contributed by atoms with E-state index in [0.717, 1.165) is 46.4 Å². The number of piperidine rings is 1. The fraction of sp³-hybridized carbons (Fsp3) is 0.200. The first-order chi connectivity index (χ1) is 20.1. The number of amides is 1. The largest absolute Gasteiger partial charge is 0.315 e. The van der Waals surface area contributed by atoms with E-state index in [9.17, 15) is 4.79 Å². The summed E-state index contributed by atoms with van der Waals surface area (Å²) in [5.41, 5.74) is 3.40. The second-order valence-electron chi connectivity index (χ2n) is 10.0. The summed E-state index contributed by atoms with van der Waals surface area (Å²) in [6.07, 6.45) is 5.01. The third-order valence-electron chi connectivity index (χ3n) is 7.38. The molecule has 204 valence electrons. The average Bonchev–Trinajstić information content (AvgIpc) is 3.64. The number of anilines is 1. The molecule has 1 N–H and O–H groups in total. The lowest BCUT2D eigenvalue weighted by Gasteiger charge is -2.34. The molecule has 9 nitrogen and oxygen atoms in total. The number of nitrogens with zero attached hydrogens (tertiary/aromatic N) is 7. The summed E-state index contributed by atoms with van der Waals surface area (Å²) in [6.45, 7) is 3.45. The van der Waals surface area contributed by atoms with E-state index in [0.29, 0.717) is 29.2 Å². The number of nitrogens with one attached hydrogen (secondary N) is 1. The van der Waals surface area contributed by atoms with Gasteiger partial charge in [0, 0.05) is 41.3 Å². The van der Waals surface area contributed by atoms with Crippen LogP contribution in [-0.4, -0.2) is 55.0 Å². The van der Waals surface area contributed by atoms with Gasteiger partial charge in [0.2, 0.25) is 0 Å². The van der Waals surface area contributed by atoms with Gasteiger partial charge in [0.15, 0.2) is 5.65 Å². The molecule has 0 spiro atoms. The predicted octanol–water partition coefficient (Wildman–Crippen LogP) is 5.33. The molecule has 0 aliphatic carbocycles. The number of aromatic nitrogens is 6. The molecule has 7 rings (SSSR count). The number of aryl methyl sites for hydroxylation is 1. The summed E-state index contributed by atoms with van der Waals surface area (Å²) in [5.74, 6) is -0.581. The molecule has 0 radical (unpaired) electrons. The van der Waals surface area contributed by atoms with Crippen molar-refractivity contribution in [2.24, 2.45) is 0 Å². The number of carbonyl (C=O) groups is 1. The van der Waals surface area contributed by atoms with E-state index in [4.69, 9.17) is 0 Å². The number of rotatable bonds is 5. The molecule has 4 aromatic heterocycles. The van der Waals surface area contributed by atoms with Gasteiger partial charge in [0.25, 0.3) is 5.91 Å². The summed E-state index contributed by atoms with van der Waals surface area (Å²) >= 11 is 1.60. The summed E-state index contributed by atoms with van der Waals surface area (Å²) in [5, 5.41) is 16.4. The Morgan fingerprint density at radius 2 is 2.05 bits per heavy atom. The van der Waals surface area contributed by atoms with Gasteiger partial charge >= 0.3 is 0 Å². The molecule has 2 aromatic carbocycles. The fourth-order valence-electron chi connectivity index (χ4n) is 5.38. The molecule has 1 saturated heterocycles. The molecule has 1 fully saturated rings. The molecule has 6 aromatic rings. The highest BCUT2D eigenvalue weighted by Gasteiger charge is 2.31. The van der Waals surface area contributed by atoms with E-state index in [1.165, 1.54) is 16.8 Å². The minimum absolute atomic E-state index is 0.0370. The molecule has 5 heterocycles. The Morgan fingerprint density at radius 3 is 2.85 bits per heavy atom. The normalized spacial score (nSPS) is 15.4. The standard InChI is InChI=1S/C30H25FN8OS/c1-18-35-27(17-41-18)20-6-8-23-19(14-20)10-13-34-28(23)38(22-4-2-11-32-16-22)30(40)24-9-7-21(15-25(24)31)39-29-26(36-37-39)5-3-12-33-29/h3,5-10,12-15,17,22,32H,2,4,11,16H2,1H3/t22-/m1/s1. The highest BCUT2D eigenvalue weighted by Crippen LogP contribution is 2.33. The van der Waals surface area contributed by atoms with Gasteiger partial charge in [0.1, 0.15) is 17.2 Å². The van der Waals surface area contributed by atoms with Crippen molar-refractivity contribution in [1.29, 1.82) is 0 Å².